The summed E-state index contributed by atoms with van der Waals surface area (Å²) in [7, 11) is 0. The Labute approximate surface area is 197 Å². The van der Waals surface area contributed by atoms with Crippen LogP contribution >= 0.6 is 0 Å². The third kappa shape index (κ3) is 6.80. The van der Waals surface area contributed by atoms with Gasteiger partial charge in [0.1, 0.15) is 0 Å². The highest BCUT2D eigenvalue weighted by Crippen LogP contribution is 2.18. The zero-order valence-electron chi connectivity index (χ0n) is 19.5. The first-order chi connectivity index (χ1) is 16.3. The van der Waals surface area contributed by atoms with E-state index in [1.807, 2.05) is 24.4 Å². The van der Waals surface area contributed by atoms with Gasteiger partial charge in [-0.15, -0.1) is 0 Å². The minimum atomic E-state index is 0.651. The van der Waals surface area contributed by atoms with Gasteiger partial charge in [-0.1, -0.05) is 48.5 Å². The summed E-state index contributed by atoms with van der Waals surface area (Å²) in [5, 5.41) is 6.73. The van der Waals surface area contributed by atoms with E-state index in [1.54, 1.807) is 0 Å². The van der Waals surface area contributed by atoms with Gasteiger partial charge in [0, 0.05) is 51.2 Å². The minimum Gasteiger partial charge on any atom is -0.369 e. The number of nitrogens with one attached hydrogen (secondary N) is 2. The van der Waals surface area contributed by atoms with Crippen LogP contribution < -0.4 is 15.5 Å². The average Bonchev–Trinajstić information content (AvgIpc) is 2.88. The second-order valence-corrected chi connectivity index (χ2v) is 8.24. The lowest BCUT2D eigenvalue weighted by molar-refractivity contribution is 0.249. The first kappa shape index (κ1) is 22.8. The molecule has 3 aromatic rings. The molecule has 0 unspecified atom stereocenters. The maximum Gasteiger partial charge on any atom is 0.191 e. The van der Waals surface area contributed by atoms with Gasteiger partial charge in [-0.05, 0) is 42.3 Å². The monoisotopic (exact) mass is 442 g/mol. The van der Waals surface area contributed by atoms with Gasteiger partial charge in [0.15, 0.2) is 5.96 Å². The summed E-state index contributed by atoms with van der Waals surface area (Å²) in [6, 6.07) is 25.3. The van der Waals surface area contributed by atoms with E-state index in [2.05, 4.69) is 86.9 Å². The van der Waals surface area contributed by atoms with E-state index in [1.165, 1.54) is 16.8 Å². The highest BCUT2D eigenvalue weighted by atomic mass is 15.3. The van der Waals surface area contributed by atoms with Crippen molar-refractivity contribution < 1.29 is 0 Å². The summed E-state index contributed by atoms with van der Waals surface area (Å²) in [5.74, 6) is 0.814. The third-order valence-electron chi connectivity index (χ3n) is 5.92. The van der Waals surface area contributed by atoms with E-state index in [-0.39, 0.29) is 0 Å². The fourth-order valence-corrected chi connectivity index (χ4v) is 4.09. The molecule has 1 aliphatic heterocycles. The number of aliphatic imine (C=N–C) groups is 1. The molecule has 6 heteroatoms. The number of benzene rings is 2. The maximum absolute atomic E-state index is 4.84. The smallest absolute Gasteiger partial charge is 0.191 e. The molecule has 2 heterocycles. The van der Waals surface area contributed by atoms with Crippen LogP contribution in [0.25, 0.3) is 0 Å². The minimum absolute atomic E-state index is 0.651. The van der Waals surface area contributed by atoms with E-state index in [4.69, 9.17) is 4.99 Å². The number of nitrogens with zero attached hydrogens (tertiary/aromatic N) is 4. The highest BCUT2D eigenvalue weighted by molar-refractivity contribution is 5.79. The number of hydrogen-bond acceptors (Lipinski definition) is 4. The van der Waals surface area contributed by atoms with Gasteiger partial charge in [0.2, 0.25) is 0 Å². The fourth-order valence-electron chi connectivity index (χ4n) is 4.09. The zero-order chi connectivity index (χ0) is 22.7. The van der Waals surface area contributed by atoms with E-state index >= 15 is 0 Å². The van der Waals surface area contributed by atoms with Crippen molar-refractivity contribution in [3.63, 3.8) is 0 Å². The Kier molecular flexibility index (Phi) is 8.30. The molecule has 0 bridgehead atoms. The lowest BCUT2D eigenvalue weighted by atomic mass is 10.1. The topological polar surface area (TPSA) is 55.8 Å². The molecule has 2 N–H and O–H groups in total. The summed E-state index contributed by atoms with van der Waals surface area (Å²) in [6.07, 6.45) is 1.82. The SMILES string of the molecule is CCNC(=NCc1ccccc1CN1CCN(c2ccccc2)CC1)NCc1ccccn1. The lowest BCUT2D eigenvalue weighted by Gasteiger charge is -2.36. The van der Waals surface area contributed by atoms with Crippen LogP contribution in [0.3, 0.4) is 0 Å². The number of rotatable bonds is 8. The van der Waals surface area contributed by atoms with Crippen LogP contribution in [0.1, 0.15) is 23.7 Å². The van der Waals surface area contributed by atoms with Gasteiger partial charge in [-0.3, -0.25) is 9.88 Å². The molecule has 0 amide bonds. The molecule has 0 spiro atoms. The van der Waals surface area contributed by atoms with Gasteiger partial charge < -0.3 is 15.5 Å². The van der Waals surface area contributed by atoms with Gasteiger partial charge in [0.25, 0.3) is 0 Å². The molecule has 6 nitrogen and oxygen atoms in total. The number of aromatic nitrogens is 1. The lowest BCUT2D eigenvalue weighted by Crippen LogP contribution is -2.46. The molecular weight excluding hydrogens is 408 g/mol. The summed E-state index contributed by atoms with van der Waals surface area (Å²) in [4.78, 5) is 14.2. The number of pyridine rings is 1. The molecule has 1 aliphatic rings. The normalized spacial score (nSPS) is 14.8. The molecule has 1 aromatic heterocycles. The number of guanidine groups is 1. The standard InChI is InChI=1S/C27H34N6/c1-2-28-27(31-21-25-12-8-9-15-29-25)30-20-23-10-6-7-11-24(23)22-32-16-18-33(19-17-32)26-13-4-3-5-14-26/h3-15H,2,16-22H2,1H3,(H2,28,30,31). The number of para-hydroxylation sites is 1. The molecule has 0 saturated carbocycles. The van der Waals surface area contributed by atoms with Gasteiger partial charge in [-0.25, -0.2) is 4.99 Å². The largest absolute Gasteiger partial charge is 0.369 e. The predicted molar refractivity (Wildman–Crippen MR) is 136 cm³/mol. The van der Waals surface area contributed by atoms with Gasteiger partial charge in [0.05, 0.1) is 18.8 Å². The molecule has 0 radical (unpaired) electrons. The average molecular weight is 443 g/mol. The first-order valence-electron chi connectivity index (χ1n) is 11.8. The van der Waals surface area contributed by atoms with Crippen LogP contribution in [0.2, 0.25) is 0 Å². The van der Waals surface area contributed by atoms with Gasteiger partial charge in [-0.2, -0.15) is 0 Å². The molecule has 4 rings (SSSR count). The molecular formula is C27H34N6. The van der Waals surface area contributed by atoms with Crippen molar-refractivity contribution in [2.24, 2.45) is 4.99 Å². The maximum atomic E-state index is 4.84. The Bertz CT molecular complexity index is 997. The van der Waals surface area contributed by atoms with Gasteiger partial charge >= 0.3 is 0 Å². The van der Waals surface area contributed by atoms with Crippen molar-refractivity contribution >= 4 is 11.6 Å². The molecule has 1 fully saturated rings. The summed E-state index contributed by atoms with van der Waals surface area (Å²) >= 11 is 0. The second kappa shape index (κ2) is 12.0. The fraction of sp³-hybridized carbons (Fsp3) is 0.333. The highest BCUT2D eigenvalue weighted by Gasteiger charge is 2.18. The Morgan fingerprint density at radius 3 is 2.30 bits per heavy atom. The Hall–Kier alpha value is -3.38. The van der Waals surface area contributed by atoms with Crippen LogP contribution in [-0.4, -0.2) is 48.6 Å². The van der Waals surface area contributed by atoms with Crippen molar-refractivity contribution in [3.05, 3.63) is 95.8 Å². The van der Waals surface area contributed by atoms with Crippen molar-refractivity contribution in [2.75, 3.05) is 37.6 Å². The van der Waals surface area contributed by atoms with Crippen LogP contribution in [0.15, 0.2) is 84.0 Å². The number of anilines is 1. The first-order valence-corrected chi connectivity index (χ1v) is 11.8. The Balaban J connectivity index is 1.34. The number of hydrogen-bond donors (Lipinski definition) is 2. The second-order valence-electron chi connectivity index (χ2n) is 8.24. The summed E-state index contributed by atoms with van der Waals surface area (Å²) in [6.45, 7) is 9.44. The van der Waals surface area contributed by atoms with Crippen LogP contribution in [0, 0.1) is 0 Å². The third-order valence-corrected chi connectivity index (χ3v) is 5.92. The molecule has 0 aliphatic carbocycles. The molecule has 172 valence electrons. The quantitative estimate of drug-likeness (QED) is 0.412. The molecule has 33 heavy (non-hydrogen) atoms. The van der Waals surface area contributed by atoms with E-state index in [0.717, 1.165) is 50.9 Å². The Morgan fingerprint density at radius 2 is 1.58 bits per heavy atom. The van der Waals surface area contributed by atoms with Crippen molar-refractivity contribution in [3.8, 4) is 0 Å². The van der Waals surface area contributed by atoms with E-state index < -0.39 is 0 Å². The molecule has 1 saturated heterocycles. The van der Waals surface area contributed by atoms with Crippen molar-refractivity contribution in [1.82, 2.24) is 20.5 Å². The van der Waals surface area contributed by atoms with Crippen molar-refractivity contribution in [1.29, 1.82) is 0 Å². The Morgan fingerprint density at radius 1 is 0.848 bits per heavy atom. The van der Waals surface area contributed by atoms with Crippen LogP contribution in [-0.2, 0) is 19.6 Å². The predicted octanol–water partition coefficient (Wildman–Crippen LogP) is 3.66. The molecule has 0 atom stereocenters. The van der Waals surface area contributed by atoms with Crippen LogP contribution in [0.4, 0.5) is 5.69 Å². The summed E-state index contributed by atoms with van der Waals surface area (Å²) in [5.41, 5.74) is 4.95. The number of piperazine rings is 1. The van der Waals surface area contributed by atoms with Crippen molar-refractivity contribution in [2.45, 2.75) is 26.6 Å². The van der Waals surface area contributed by atoms with E-state index in [0.29, 0.717) is 13.1 Å². The zero-order valence-corrected chi connectivity index (χ0v) is 19.5. The summed E-state index contributed by atoms with van der Waals surface area (Å²) < 4.78 is 0. The molecule has 2 aromatic carbocycles. The van der Waals surface area contributed by atoms with Crippen LogP contribution in [0.5, 0.6) is 0 Å². The van der Waals surface area contributed by atoms with E-state index in [9.17, 15) is 0 Å².